The zero-order valence-corrected chi connectivity index (χ0v) is 16.8. The molecule has 1 fully saturated rings. The molecule has 0 spiro atoms. The van der Waals surface area contributed by atoms with E-state index in [2.05, 4.69) is 20.1 Å². The fourth-order valence-corrected chi connectivity index (χ4v) is 4.26. The Morgan fingerprint density at radius 2 is 2.29 bits per heavy atom. The maximum absolute atomic E-state index is 12.8. The quantitative estimate of drug-likeness (QED) is 0.424. The van der Waals surface area contributed by atoms with Gasteiger partial charge in [0, 0.05) is 23.6 Å². The first kappa shape index (κ1) is 18.9. The number of hydrogen-bond donors (Lipinski definition) is 0. The van der Waals surface area contributed by atoms with Gasteiger partial charge in [0.05, 0.1) is 31.2 Å². The summed E-state index contributed by atoms with van der Waals surface area (Å²) in [4.78, 5) is 12.8. The zero-order valence-electron chi connectivity index (χ0n) is 16.0. The molecule has 3 aromatic rings. The third-order valence-electron chi connectivity index (χ3n) is 5.00. The van der Waals surface area contributed by atoms with Crippen LogP contribution in [0.4, 0.5) is 0 Å². The molecular weight excluding hydrogens is 378 g/mol. The standard InChI is InChI=1S/C19H23N5O3S/c1-13-9-17(14(2)23(13)10-15-5-3-7-26-15)18(25)12-28-19-20-21-22-24(19)11-16-6-4-8-27-16/h3,5,7,9,16H,4,6,8,10-12H2,1-2H3/t16-/m1/s1. The van der Waals surface area contributed by atoms with E-state index in [-0.39, 0.29) is 17.6 Å². The molecule has 1 aliphatic rings. The molecule has 0 aromatic carbocycles. The topological polar surface area (TPSA) is 88.0 Å². The van der Waals surface area contributed by atoms with Crippen LogP contribution in [0.3, 0.4) is 0 Å². The minimum atomic E-state index is 0.0652. The van der Waals surface area contributed by atoms with Gasteiger partial charge >= 0.3 is 0 Å². The van der Waals surface area contributed by atoms with E-state index in [9.17, 15) is 4.79 Å². The molecule has 28 heavy (non-hydrogen) atoms. The largest absolute Gasteiger partial charge is 0.467 e. The minimum Gasteiger partial charge on any atom is -0.467 e. The summed E-state index contributed by atoms with van der Waals surface area (Å²) in [5, 5.41) is 12.5. The Kier molecular flexibility index (Phi) is 5.63. The third kappa shape index (κ3) is 4.05. The SMILES string of the molecule is Cc1cc(C(=O)CSc2nnnn2C[C@H]2CCCO2)c(C)n1Cc1ccco1. The number of hydrogen-bond acceptors (Lipinski definition) is 7. The lowest BCUT2D eigenvalue weighted by Gasteiger charge is -2.10. The average molecular weight is 401 g/mol. The predicted octanol–water partition coefficient (Wildman–Crippen LogP) is 2.89. The lowest BCUT2D eigenvalue weighted by molar-refractivity contribution is 0.0912. The fraction of sp³-hybridized carbons (Fsp3) is 0.474. The first-order valence-corrected chi connectivity index (χ1v) is 10.3. The molecule has 9 heteroatoms. The first-order chi connectivity index (χ1) is 13.6. The number of aryl methyl sites for hydroxylation is 1. The van der Waals surface area contributed by atoms with E-state index >= 15 is 0 Å². The van der Waals surface area contributed by atoms with Crippen molar-refractivity contribution in [3.05, 3.63) is 47.2 Å². The number of aromatic nitrogens is 5. The molecule has 4 rings (SSSR count). The van der Waals surface area contributed by atoms with Crippen molar-refractivity contribution in [1.29, 1.82) is 0 Å². The number of Topliss-reactive ketones (excluding diaryl/α,β-unsaturated/α-hetero) is 1. The number of thioether (sulfide) groups is 1. The molecule has 148 valence electrons. The van der Waals surface area contributed by atoms with Crippen molar-refractivity contribution in [3.63, 3.8) is 0 Å². The lowest BCUT2D eigenvalue weighted by atomic mass is 10.2. The Morgan fingerprint density at radius 3 is 3.04 bits per heavy atom. The Bertz CT molecular complexity index is 941. The van der Waals surface area contributed by atoms with Crippen LogP contribution in [0.25, 0.3) is 0 Å². The van der Waals surface area contributed by atoms with E-state index in [1.807, 2.05) is 32.0 Å². The van der Waals surface area contributed by atoms with E-state index in [0.717, 1.165) is 42.2 Å². The highest BCUT2D eigenvalue weighted by Gasteiger charge is 2.21. The molecule has 0 aliphatic carbocycles. The average Bonchev–Trinajstić information content (AvgIpc) is 3.47. The van der Waals surface area contributed by atoms with Crippen LogP contribution in [0.15, 0.2) is 34.0 Å². The Hall–Kier alpha value is -2.39. The summed E-state index contributed by atoms with van der Waals surface area (Å²) < 4.78 is 14.9. The van der Waals surface area contributed by atoms with Crippen LogP contribution in [0.1, 0.15) is 40.3 Å². The molecule has 8 nitrogen and oxygen atoms in total. The molecule has 1 aliphatic heterocycles. The van der Waals surface area contributed by atoms with Gasteiger partial charge in [-0.05, 0) is 55.3 Å². The van der Waals surface area contributed by atoms with Crippen molar-refractivity contribution >= 4 is 17.5 Å². The molecule has 0 bridgehead atoms. The first-order valence-electron chi connectivity index (χ1n) is 9.34. The highest BCUT2D eigenvalue weighted by atomic mass is 32.2. The number of tetrazole rings is 1. The predicted molar refractivity (Wildman–Crippen MR) is 104 cm³/mol. The molecule has 0 amide bonds. The normalized spacial score (nSPS) is 16.7. The molecule has 0 unspecified atom stereocenters. The van der Waals surface area contributed by atoms with Crippen LogP contribution in [0.2, 0.25) is 0 Å². The van der Waals surface area contributed by atoms with Gasteiger partial charge in [-0.15, -0.1) is 5.10 Å². The molecular formula is C19H23N5O3S. The van der Waals surface area contributed by atoms with Crippen LogP contribution in [0.5, 0.6) is 0 Å². The molecule has 1 saturated heterocycles. The molecule has 0 radical (unpaired) electrons. The van der Waals surface area contributed by atoms with Gasteiger partial charge < -0.3 is 13.7 Å². The van der Waals surface area contributed by atoms with E-state index in [4.69, 9.17) is 9.15 Å². The smallest absolute Gasteiger partial charge is 0.209 e. The molecule has 3 aromatic heterocycles. The van der Waals surface area contributed by atoms with Crippen LogP contribution < -0.4 is 0 Å². The number of ether oxygens (including phenoxy) is 1. The van der Waals surface area contributed by atoms with Crippen LogP contribution >= 0.6 is 11.8 Å². The van der Waals surface area contributed by atoms with Gasteiger partial charge in [-0.2, -0.15) is 0 Å². The van der Waals surface area contributed by atoms with Gasteiger partial charge in [-0.25, -0.2) is 4.68 Å². The molecule has 1 atom stereocenters. The summed E-state index contributed by atoms with van der Waals surface area (Å²) >= 11 is 1.36. The van der Waals surface area contributed by atoms with Gasteiger partial charge in [-0.1, -0.05) is 11.8 Å². The van der Waals surface area contributed by atoms with Gasteiger partial charge in [0.15, 0.2) is 5.78 Å². The van der Waals surface area contributed by atoms with Crippen LogP contribution in [-0.2, 0) is 17.8 Å². The summed E-state index contributed by atoms with van der Waals surface area (Å²) in [6.07, 6.45) is 3.90. The lowest BCUT2D eigenvalue weighted by Crippen LogP contribution is -2.17. The molecule has 0 N–H and O–H groups in total. The third-order valence-corrected chi connectivity index (χ3v) is 5.96. The Morgan fingerprint density at radius 1 is 1.39 bits per heavy atom. The number of furan rings is 1. The summed E-state index contributed by atoms with van der Waals surface area (Å²) in [5.74, 6) is 1.22. The second-order valence-corrected chi connectivity index (χ2v) is 7.88. The van der Waals surface area contributed by atoms with Crippen molar-refractivity contribution in [2.24, 2.45) is 0 Å². The van der Waals surface area contributed by atoms with Crippen molar-refractivity contribution < 1.29 is 13.9 Å². The van der Waals surface area contributed by atoms with Gasteiger partial charge in [0.2, 0.25) is 5.16 Å². The maximum Gasteiger partial charge on any atom is 0.209 e. The Balaban J connectivity index is 1.41. The van der Waals surface area contributed by atoms with E-state index in [0.29, 0.717) is 18.2 Å². The number of nitrogens with zero attached hydrogens (tertiary/aromatic N) is 5. The van der Waals surface area contributed by atoms with Gasteiger partial charge in [-0.3, -0.25) is 4.79 Å². The van der Waals surface area contributed by atoms with Crippen LogP contribution in [-0.4, -0.2) is 49.0 Å². The number of ketones is 1. The summed E-state index contributed by atoms with van der Waals surface area (Å²) in [6.45, 7) is 6.00. The second kappa shape index (κ2) is 8.32. The monoisotopic (exact) mass is 401 g/mol. The zero-order chi connectivity index (χ0) is 19.5. The van der Waals surface area contributed by atoms with E-state index < -0.39 is 0 Å². The molecule has 4 heterocycles. The number of carbonyl (C=O) groups is 1. The highest BCUT2D eigenvalue weighted by Crippen LogP contribution is 2.22. The van der Waals surface area contributed by atoms with E-state index in [1.54, 1.807) is 10.9 Å². The van der Waals surface area contributed by atoms with Gasteiger partial charge in [0.1, 0.15) is 5.76 Å². The number of carbonyl (C=O) groups excluding carboxylic acids is 1. The minimum absolute atomic E-state index is 0.0652. The van der Waals surface area contributed by atoms with Crippen molar-refractivity contribution in [2.45, 2.75) is 51.0 Å². The Labute approximate surface area is 167 Å². The van der Waals surface area contributed by atoms with Gasteiger partial charge in [0.25, 0.3) is 0 Å². The maximum atomic E-state index is 12.8. The summed E-state index contributed by atoms with van der Waals surface area (Å²) in [7, 11) is 0. The van der Waals surface area contributed by atoms with E-state index in [1.165, 1.54) is 11.8 Å². The second-order valence-electron chi connectivity index (χ2n) is 6.94. The van der Waals surface area contributed by atoms with Crippen LogP contribution in [0, 0.1) is 13.8 Å². The van der Waals surface area contributed by atoms with Crippen molar-refractivity contribution in [3.8, 4) is 0 Å². The fourth-order valence-electron chi connectivity index (χ4n) is 3.49. The summed E-state index contributed by atoms with van der Waals surface area (Å²) in [5.41, 5.74) is 2.71. The number of rotatable bonds is 8. The molecule has 0 saturated carbocycles. The van der Waals surface area contributed by atoms with Crippen molar-refractivity contribution in [2.75, 3.05) is 12.4 Å². The highest BCUT2D eigenvalue weighted by molar-refractivity contribution is 7.99. The summed E-state index contributed by atoms with van der Waals surface area (Å²) in [6, 6.07) is 5.74. The van der Waals surface area contributed by atoms with Crippen molar-refractivity contribution in [1.82, 2.24) is 24.8 Å².